The molecule has 162 valence electrons. The van der Waals surface area contributed by atoms with Crippen LogP contribution >= 0.6 is 0 Å². The number of aliphatic hydroxyl groups is 1. The smallest absolute Gasteiger partial charge is 0.0543 e. The highest BCUT2D eigenvalue weighted by Crippen LogP contribution is 2.64. The predicted molar refractivity (Wildman–Crippen MR) is 123 cm³/mol. The molecule has 0 saturated heterocycles. The van der Waals surface area contributed by atoms with E-state index in [0.29, 0.717) is 28.6 Å². The molecule has 2 saturated carbocycles. The molecular formula is C28H44O. The highest BCUT2D eigenvalue weighted by atomic mass is 16.3. The van der Waals surface area contributed by atoms with E-state index in [2.05, 4.69) is 65.8 Å². The molecule has 4 aliphatic carbocycles. The van der Waals surface area contributed by atoms with E-state index in [4.69, 9.17) is 0 Å². The lowest BCUT2D eigenvalue weighted by atomic mass is 9.51. The van der Waals surface area contributed by atoms with E-state index in [1.54, 1.807) is 11.1 Å². The van der Waals surface area contributed by atoms with Crippen molar-refractivity contribution >= 4 is 0 Å². The quantitative estimate of drug-likeness (QED) is 0.493. The van der Waals surface area contributed by atoms with E-state index in [-0.39, 0.29) is 6.10 Å². The Morgan fingerprint density at radius 1 is 1.03 bits per heavy atom. The molecule has 0 unspecified atom stereocenters. The van der Waals surface area contributed by atoms with Crippen LogP contribution in [-0.2, 0) is 0 Å². The van der Waals surface area contributed by atoms with Crippen molar-refractivity contribution in [3.8, 4) is 0 Å². The van der Waals surface area contributed by atoms with Crippen molar-refractivity contribution in [2.75, 3.05) is 0 Å². The van der Waals surface area contributed by atoms with Gasteiger partial charge in [-0.3, -0.25) is 0 Å². The number of fused-ring (bicyclic) bond motifs is 5. The molecule has 0 spiro atoms. The summed E-state index contributed by atoms with van der Waals surface area (Å²) in [7, 11) is 0. The fourth-order valence-electron chi connectivity index (χ4n) is 7.44. The predicted octanol–water partition coefficient (Wildman–Crippen LogP) is 7.33. The van der Waals surface area contributed by atoms with E-state index in [1.807, 2.05) is 0 Å². The van der Waals surface area contributed by atoms with Crippen molar-refractivity contribution in [2.24, 2.45) is 46.3 Å². The molecule has 4 rings (SSSR count). The van der Waals surface area contributed by atoms with Crippen LogP contribution in [0.1, 0.15) is 86.5 Å². The largest absolute Gasteiger partial charge is 0.393 e. The lowest BCUT2D eigenvalue weighted by Gasteiger charge is -2.53. The summed E-state index contributed by atoms with van der Waals surface area (Å²) in [6.45, 7) is 14.6. The molecule has 0 heterocycles. The molecule has 0 aliphatic heterocycles. The summed E-state index contributed by atoms with van der Waals surface area (Å²) >= 11 is 0. The van der Waals surface area contributed by atoms with Crippen LogP contribution in [0.25, 0.3) is 0 Å². The Hall–Kier alpha value is -0.820. The van der Waals surface area contributed by atoms with Crippen molar-refractivity contribution in [1.29, 1.82) is 0 Å². The van der Waals surface area contributed by atoms with Gasteiger partial charge in [-0.1, -0.05) is 65.8 Å². The fourth-order valence-corrected chi connectivity index (χ4v) is 7.44. The Kier molecular flexibility index (Phi) is 5.69. The normalized spacial score (nSPS) is 44.0. The van der Waals surface area contributed by atoms with Crippen LogP contribution in [0.5, 0.6) is 0 Å². The molecule has 8 atom stereocenters. The van der Waals surface area contributed by atoms with Crippen molar-refractivity contribution in [3.63, 3.8) is 0 Å². The summed E-state index contributed by atoms with van der Waals surface area (Å²) in [5.74, 6) is 4.23. The lowest BCUT2D eigenvalue weighted by Crippen LogP contribution is -2.44. The maximum absolute atomic E-state index is 10.2. The number of aliphatic hydroxyl groups excluding tert-OH is 1. The van der Waals surface area contributed by atoms with Gasteiger partial charge in [0, 0.05) is 0 Å². The Balaban J connectivity index is 1.58. The molecule has 1 heteroatoms. The van der Waals surface area contributed by atoms with Gasteiger partial charge < -0.3 is 5.11 Å². The first kappa shape index (κ1) is 21.4. The molecule has 0 aromatic rings. The Morgan fingerprint density at radius 2 is 1.79 bits per heavy atom. The molecule has 0 radical (unpaired) electrons. The maximum atomic E-state index is 10.2. The molecule has 2 fully saturated rings. The molecule has 4 aliphatic rings. The Morgan fingerprint density at radius 3 is 2.52 bits per heavy atom. The standard InChI is InChI=1S/C28H44O/c1-18(2)19(3)7-8-20(4)24-11-12-25-23-10-9-21-17-22(29)13-15-27(21,5)26(23)14-16-28(24,25)6/h7-8,10,14,18-22,24-25,29H,9,11-13,15-17H2,1-6H3/b8-7+/t19-,20+,21+,22+,24-,25+,27+,28-/m0/s1. The van der Waals surface area contributed by atoms with E-state index >= 15 is 0 Å². The zero-order chi connectivity index (χ0) is 21.0. The number of allylic oxidation sites excluding steroid dienone is 6. The third kappa shape index (κ3) is 3.50. The first-order valence-corrected chi connectivity index (χ1v) is 12.4. The van der Waals surface area contributed by atoms with Crippen LogP contribution < -0.4 is 0 Å². The van der Waals surface area contributed by atoms with Gasteiger partial charge in [0.05, 0.1) is 6.10 Å². The Bertz CT molecular complexity index is 712. The average Bonchev–Trinajstić information content (AvgIpc) is 3.03. The van der Waals surface area contributed by atoms with Crippen molar-refractivity contribution in [2.45, 2.75) is 92.6 Å². The van der Waals surface area contributed by atoms with Crippen molar-refractivity contribution in [1.82, 2.24) is 0 Å². The average molecular weight is 397 g/mol. The lowest BCUT2D eigenvalue weighted by molar-refractivity contribution is 0.0316. The van der Waals surface area contributed by atoms with Gasteiger partial charge in [-0.25, -0.2) is 0 Å². The summed E-state index contributed by atoms with van der Waals surface area (Å²) in [5.41, 5.74) is 4.11. The minimum absolute atomic E-state index is 0.0748. The fraction of sp³-hybridized carbons (Fsp3) is 0.786. The number of rotatable bonds is 4. The first-order chi connectivity index (χ1) is 13.7. The van der Waals surface area contributed by atoms with Crippen LogP contribution in [0.15, 0.2) is 35.5 Å². The van der Waals surface area contributed by atoms with Gasteiger partial charge >= 0.3 is 0 Å². The second-order valence-electron chi connectivity index (χ2n) is 11.8. The summed E-state index contributed by atoms with van der Waals surface area (Å²) in [4.78, 5) is 0. The summed E-state index contributed by atoms with van der Waals surface area (Å²) < 4.78 is 0. The van der Waals surface area contributed by atoms with E-state index in [0.717, 1.165) is 30.6 Å². The third-order valence-electron chi connectivity index (χ3n) is 9.94. The van der Waals surface area contributed by atoms with E-state index in [9.17, 15) is 5.11 Å². The maximum Gasteiger partial charge on any atom is 0.0543 e. The highest BCUT2D eigenvalue weighted by molar-refractivity contribution is 5.46. The molecule has 1 N–H and O–H groups in total. The molecule has 0 aromatic heterocycles. The van der Waals surface area contributed by atoms with Gasteiger partial charge in [0.15, 0.2) is 0 Å². The van der Waals surface area contributed by atoms with Gasteiger partial charge in [-0.15, -0.1) is 0 Å². The summed E-state index contributed by atoms with van der Waals surface area (Å²) in [6.07, 6.45) is 18.5. The zero-order valence-electron chi connectivity index (χ0n) is 19.7. The molecular weight excluding hydrogens is 352 g/mol. The van der Waals surface area contributed by atoms with Crippen molar-refractivity contribution < 1.29 is 5.11 Å². The molecule has 29 heavy (non-hydrogen) atoms. The minimum atomic E-state index is -0.0748. The second-order valence-corrected chi connectivity index (χ2v) is 11.8. The monoisotopic (exact) mass is 396 g/mol. The number of hydrogen-bond acceptors (Lipinski definition) is 1. The van der Waals surface area contributed by atoms with E-state index in [1.165, 1.54) is 32.1 Å². The SMILES string of the molecule is CC(C)[C@@H](C)/C=C/[C@@H](C)[C@@H]1CC[C@@H]2C3=CC[C@@H]4C[C@H](O)CC[C@@]4(C)C3=CC[C@]21C. The number of hydrogen-bond donors (Lipinski definition) is 1. The van der Waals surface area contributed by atoms with Gasteiger partial charge in [-0.2, -0.15) is 0 Å². The van der Waals surface area contributed by atoms with Crippen LogP contribution in [0.3, 0.4) is 0 Å². The first-order valence-electron chi connectivity index (χ1n) is 12.4. The third-order valence-corrected chi connectivity index (χ3v) is 9.94. The van der Waals surface area contributed by atoms with Crippen LogP contribution in [0, 0.1) is 46.3 Å². The zero-order valence-corrected chi connectivity index (χ0v) is 19.7. The highest BCUT2D eigenvalue weighted by Gasteiger charge is 2.55. The molecule has 1 nitrogen and oxygen atoms in total. The van der Waals surface area contributed by atoms with E-state index < -0.39 is 0 Å². The van der Waals surface area contributed by atoms with Crippen LogP contribution in [0.2, 0.25) is 0 Å². The molecule has 0 aromatic carbocycles. The van der Waals surface area contributed by atoms with Gasteiger partial charge in [0.1, 0.15) is 0 Å². The van der Waals surface area contributed by atoms with Gasteiger partial charge in [0.2, 0.25) is 0 Å². The Labute approximate surface area is 179 Å². The second kappa shape index (κ2) is 7.70. The van der Waals surface area contributed by atoms with Gasteiger partial charge in [-0.05, 0) is 102 Å². The summed E-state index contributed by atoms with van der Waals surface area (Å²) in [6, 6.07) is 0. The molecule has 0 bridgehead atoms. The van der Waals surface area contributed by atoms with Crippen molar-refractivity contribution in [3.05, 3.63) is 35.5 Å². The van der Waals surface area contributed by atoms with Crippen LogP contribution in [0.4, 0.5) is 0 Å². The van der Waals surface area contributed by atoms with Crippen LogP contribution in [-0.4, -0.2) is 11.2 Å². The summed E-state index contributed by atoms with van der Waals surface area (Å²) in [5, 5.41) is 10.2. The van der Waals surface area contributed by atoms with Gasteiger partial charge in [0.25, 0.3) is 0 Å². The molecule has 0 amide bonds. The minimum Gasteiger partial charge on any atom is -0.393 e. The topological polar surface area (TPSA) is 20.2 Å².